The van der Waals surface area contributed by atoms with Crippen molar-refractivity contribution in [3.63, 3.8) is 0 Å². The summed E-state index contributed by atoms with van der Waals surface area (Å²) in [4.78, 5) is 12.6. The van der Waals surface area contributed by atoms with Crippen LogP contribution in [0.25, 0.3) is 11.1 Å². The molecular weight excluding hydrogens is 289 g/mol. The van der Waals surface area contributed by atoms with Crippen molar-refractivity contribution in [2.24, 2.45) is 0 Å². The summed E-state index contributed by atoms with van der Waals surface area (Å²) in [5.74, 6) is -0.524. The van der Waals surface area contributed by atoms with Crippen molar-refractivity contribution in [2.75, 3.05) is 5.32 Å². The van der Waals surface area contributed by atoms with Crippen LogP contribution in [0.2, 0.25) is 0 Å². The maximum absolute atomic E-state index is 13.2. The number of rotatable bonds is 3. The van der Waals surface area contributed by atoms with Crippen LogP contribution in [0.15, 0.2) is 72.8 Å². The summed E-state index contributed by atoms with van der Waals surface area (Å²) in [6.45, 7) is 1.77. The first-order valence-electron chi connectivity index (χ1n) is 7.37. The molecular formula is C20H16FNO. The van der Waals surface area contributed by atoms with Gasteiger partial charge in [0.15, 0.2) is 0 Å². The number of benzene rings is 3. The average molecular weight is 305 g/mol. The molecule has 3 rings (SSSR count). The number of carbonyl (C=O) groups is 1. The first-order valence-corrected chi connectivity index (χ1v) is 7.37. The minimum atomic E-state index is -0.315. The molecule has 3 heteroatoms. The van der Waals surface area contributed by atoms with Gasteiger partial charge in [-0.1, -0.05) is 48.5 Å². The van der Waals surface area contributed by atoms with Gasteiger partial charge in [-0.3, -0.25) is 4.79 Å². The Kier molecular flexibility index (Phi) is 4.20. The molecule has 0 unspecified atom stereocenters. The van der Waals surface area contributed by atoms with Gasteiger partial charge < -0.3 is 5.32 Å². The molecule has 0 saturated heterocycles. The molecule has 0 aliphatic heterocycles. The zero-order chi connectivity index (χ0) is 16.2. The summed E-state index contributed by atoms with van der Waals surface area (Å²) >= 11 is 0. The van der Waals surface area contributed by atoms with E-state index in [0.717, 1.165) is 11.1 Å². The summed E-state index contributed by atoms with van der Waals surface area (Å²) in [5.41, 5.74) is 3.73. The van der Waals surface area contributed by atoms with E-state index in [0.29, 0.717) is 16.8 Å². The van der Waals surface area contributed by atoms with Crippen molar-refractivity contribution in [3.8, 4) is 11.1 Å². The van der Waals surface area contributed by atoms with Crippen molar-refractivity contribution < 1.29 is 9.18 Å². The fraction of sp³-hybridized carbons (Fsp3) is 0.0500. The van der Waals surface area contributed by atoms with Crippen LogP contribution in [0.4, 0.5) is 10.1 Å². The Morgan fingerprint density at radius 2 is 1.61 bits per heavy atom. The lowest BCUT2D eigenvalue weighted by atomic mass is 9.99. The third-order valence-electron chi connectivity index (χ3n) is 3.69. The summed E-state index contributed by atoms with van der Waals surface area (Å²) in [5, 5.41) is 2.86. The van der Waals surface area contributed by atoms with Gasteiger partial charge >= 0.3 is 0 Å². The second-order valence-electron chi connectivity index (χ2n) is 5.32. The number of carbonyl (C=O) groups excluding carboxylic acids is 1. The lowest BCUT2D eigenvalue weighted by Gasteiger charge is -2.12. The molecule has 1 N–H and O–H groups in total. The minimum absolute atomic E-state index is 0.209. The van der Waals surface area contributed by atoms with Gasteiger partial charge in [-0.05, 0) is 47.9 Å². The molecule has 3 aromatic rings. The average Bonchev–Trinajstić information content (AvgIpc) is 2.58. The quantitative estimate of drug-likeness (QED) is 0.720. The van der Waals surface area contributed by atoms with Crippen molar-refractivity contribution >= 4 is 11.6 Å². The Morgan fingerprint density at radius 1 is 0.913 bits per heavy atom. The molecule has 0 aromatic heterocycles. The maximum atomic E-state index is 13.2. The molecule has 1 amide bonds. The lowest BCUT2D eigenvalue weighted by Crippen LogP contribution is -2.14. The van der Waals surface area contributed by atoms with Gasteiger partial charge in [0, 0.05) is 11.3 Å². The van der Waals surface area contributed by atoms with Crippen LogP contribution in [-0.2, 0) is 0 Å². The smallest absolute Gasteiger partial charge is 0.256 e. The number of anilines is 1. The van der Waals surface area contributed by atoms with Crippen LogP contribution in [0.5, 0.6) is 0 Å². The van der Waals surface area contributed by atoms with E-state index in [2.05, 4.69) is 5.32 Å². The Morgan fingerprint density at radius 3 is 2.35 bits per heavy atom. The van der Waals surface area contributed by atoms with E-state index in [1.807, 2.05) is 48.5 Å². The fourth-order valence-electron chi connectivity index (χ4n) is 2.51. The molecule has 0 fully saturated rings. The monoisotopic (exact) mass is 305 g/mol. The number of aryl methyl sites for hydroxylation is 1. The zero-order valence-corrected chi connectivity index (χ0v) is 12.7. The summed E-state index contributed by atoms with van der Waals surface area (Å²) in [7, 11) is 0. The highest BCUT2D eigenvalue weighted by atomic mass is 19.1. The molecule has 0 saturated carbocycles. The maximum Gasteiger partial charge on any atom is 0.256 e. The Balaban J connectivity index is 1.94. The van der Waals surface area contributed by atoms with Gasteiger partial charge in [0.2, 0.25) is 0 Å². The van der Waals surface area contributed by atoms with Crippen LogP contribution < -0.4 is 5.32 Å². The van der Waals surface area contributed by atoms with Crippen LogP contribution in [0.1, 0.15) is 15.9 Å². The largest absolute Gasteiger partial charge is 0.322 e. The molecule has 0 radical (unpaired) electrons. The Bertz CT molecular complexity index is 843. The van der Waals surface area contributed by atoms with E-state index < -0.39 is 0 Å². The van der Waals surface area contributed by atoms with Gasteiger partial charge in [-0.15, -0.1) is 0 Å². The SMILES string of the molecule is Cc1cc(F)ccc1NC(=O)c1ccccc1-c1ccccc1. The highest BCUT2D eigenvalue weighted by Crippen LogP contribution is 2.25. The third kappa shape index (κ3) is 3.29. The third-order valence-corrected chi connectivity index (χ3v) is 3.69. The van der Waals surface area contributed by atoms with E-state index in [4.69, 9.17) is 0 Å². The number of nitrogens with one attached hydrogen (secondary N) is 1. The summed E-state index contributed by atoms with van der Waals surface area (Å²) in [6, 6.07) is 21.5. The lowest BCUT2D eigenvalue weighted by molar-refractivity contribution is 0.102. The summed E-state index contributed by atoms with van der Waals surface area (Å²) < 4.78 is 13.2. The molecule has 0 atom stereocenters. The second kappa shape index (κ2) is 6.44. The zero-order valence-electron chi connectivity index (χ0n) is 12.7. The molecule has 0 bridgehead atoms. The van der Waals surface area contributed by atoms with Crippen LogP contribution in [0.3, 0.4) is 0 Å². The highest BCUT2D eigenvalue weighted by molar-refractivity contribution is 6.09. The molecule has 3 aromatic carbocycles. The molecule has 0 aliphatic rings. The van der Waals surface area contributed by atoms with Crippen molar-refractivity contribution in [3.05, 3.63) is 89.7 Å². The first-order chi connectivity index (χ1) is 11.1. The van der Waals surface area contributed by atoms with Gasteiger partial charge in [0.25, 0.3) is 5.91 Å². The Labute approximate surface area is 134 Å². The highest BCUT2D eigenvalue weighted by Gasteiger charge is 2.13. The number of amides is 1. The summed E-state index contributed by atoms with van der Waals surface area (Å²) in [6.07, 6.45) is 0. The Hall–Kier alpha value is -2.94. The fourth-order valence-corrected chi connectivity index (χ4v) is 2.51. The number of hydrogen-bond donors (Lipinski definition) is 1. The van der Waals surface area contributed by atoms with Gasteiger partial charge in [-0.2, -0.15) is 0 Å². The standard InChI is InChI=1S/C20H16FNO/c1-14-13-16(21)11-12-19(14)22-20(23)18-10-6-5-9-17(18)15-7-3-2-4-8-15/h2-13H,1H3,(H,22,23). The van der Waals surface area contributed by atoms with E-state index in [1.54, 1.807) is 19.1 Å². The van der Waals surface area contributed by atoms with E-state index in [1.165, 1.54) is 12.1 Å². The van der Waals surface area contributed by atoms with Crippen molar-refractivity contribution in [2.45, 2.75) is 6.92 Å². The van der Waals surface area contributed by atoms with Crippen LogP contribution >= 0.6 is 0 Å². The van der Waals surface area contributed by atoms with E-state index >= 15 is 0 Å². The predicted octanol–water partition coefficient (Wildman–Crippen LogP) is 5.05. The van der Waals surface area contributed by atoms with Gasteiger partial charge in [0.05, 0.1) is 0 Å². The molecule has 2 nitrogen and oxygen atoms in total. The van der Waals surface area contributed by atoms with Gasteiger partial charge in [0.1, 0.15) is 5.82 Å². The first kappa shape index (κ1) is 15.0. The normalized spacial score (nSPS) is 10.3. The van der Waals surface area contributed by atoms with Crippen molar-refractivity contribution in [1.82, 2.24) is 0 Å². The van der Waals surface area contributed by atoms with E-state index in [9.17, 15) is 9.18 Å². The predicted molar refractivity (Wildman–Crippen MR) is 91.0 cm³/mol. The minimum Gasteiger partial charge on any atom is -0.322 e. The molecule has 114 valence electrons. The molecule has 0 heterocycles. The molecule has 23 heavy (non-hydrogen) atoms. The van der Waals surface area contributed by atoms with Crippen LogP contribution in [-0.4, -0.2) is 5.91 Å². The molecule has 0 spiro atoms. The number of halogens is 1. The topological polar surface area (TPSA) is 29.1 Å². The van der Waals surface area contributed by atoms with Gasteiger partial charge in [-0.25, -0.2) is 4.39 Å². The number of hydrogen-bond acceptors (Lipinski definition) is 1. The molecule has 0 aliphatic carbocycles. The second-order valence-corrected chi connectivity index (χ2v) is 5.32. The van der Waals surface area contributed by atoms with Crippen molar-refractivity contribution in [1.29, 1.82) is 0 Å². The van der Waals surface area contributed by atoms with Crippen LogP contribution in [0, 0.1) is 12.7 Å². The van der Waals surface area contributed by atoms with E-state index in [-0.39, 0.29) is 11.7 Å².